The van der Waals surface area contributed by atoms with Gasteiger partial charge in [-0.2, -0.15) is 0 Å². The lowest BCUT2D eigenvalue weighted by Gasteiger charge is -2.16. The fourth-order valence-corrected chi connectivity index (χ4v) is 2.78. The normalized spacial score (nSPS) is 16.4. The van der Waals surface area contributed by atoms with Crippen molar-refractivity contribution in [1.29, 1.82) is 0 Å². The lowest BCUT2D eigenvalue weighted by Crippen LogP contribution is -2.07. The summed E-state index contributed by atoms with van der Waals surface area (Å²) in [5.41, 5.74) is 4.93. The maximum atomic E-state index is 5.49. The number of rotatable bonds is 3. The molecular weight excluding hydrogens is 250 g/mol. The lowest BCUT2D eigenvalue weighted by molar-refractivity contribution is 0.407. The van der Waals surface area contributed by atoms with Gasteiger partial charge in [0.1, 0.15) is 11.5 Å². The van der Waals surface area contributed by atoms with Gasteiger partial charge in [0, 0.05) is 11.3 Å². The number of anilines is 1. The molecule has 0 radical (unpaired) electrons. The summed E-state index contributed by atoms with van der Waals surface area (Å²) < 4.78 is 10.8. The molecule has 104 valence electrons. The molecule has 0 aliphatic carbocycles. The Balaban J connectivity index is 1.93. The van der Waals surface area contributed by atoms with E-state index in [1.165, 1.54) is 22.4 Å². The molecule has 0 spiro atoms. The van der Waals surface area contributed by atoms with E-state index in [1.807, 2.05) is 12.1 Å². The van der Waals surface area contributed by atoms with Crippen LogP contribution in [-0.2, 0) is 6.42 Å². The van der Waals surface area contributed by atoms with E-state index in [-0.39, 0.29) is 6.04 Å². The maximum Gasteiger partial charge on any atom is 0.124 e. The zero-order valence-corrected chi connectivity index (χ0v) is 12.1. The Kier molecular flexibility index (Phi) is 3.26. The second kappa shape index (κ2) is 5.08. The van der Waals surface area contributed by atoms with Crippen LogP contribution >= 0.6 is 0 Å². The van der Waals surface area contributed by atoms with E-state index in [4.69, 9.17) is 9.47 Å². The number of ether oxygens (including phenoxy) is 2. The highest BCUT2D eigenvalue weighted by Gasteiger charge is 2.24. The quantitative estimate of drug-likeness (QED) is 0.921. The van der Waals surface area contributed by atoms with Crippen LogP contribution in [-0.4, -0.2) is 14.2 Å². The molecule has 3 nitrogen and oxygen atoms in total. The van der Waals surface area contributed by atoms with Crippen LogP contribution in [0.2, 0.25) is 0 Å². The lowest BCUT2D eigenvalue weighted by atomic mass is 10.00. The molecule has 0 saturated heterocycles. The summed E-state index contributed by atoms with van der Waals surface area (Å²) in [6, 6.07) is 12.7. The van der Waals surface area contributed by atoms with Gasteiger partial charge in [-0.1, -0.05) is 17.7 Å². The number of hydrogen-bond acceptors (Lipinski definition) is 3. The SMILES string of the molecule is COc1ccc2c(c1)CC(c1cc(C)ccc1OC)N2. The minimum absolute atomic E-state index is 0.256. The smallest absolute Gasteiger partial charge is 0.124 e. The highest BCUT2D eigenvalue weighted by molar-refractivity contribution is 5.61. The van der Waals surface area contributed by atoms with Crippen molar-refractivity contribution in [2.24, 2.45) is 0 Å². The maximum absolute atomic E-state index is 5.49. The van der Waals surface area contributed by atoms with Crippen molar-refractivity contribution >= 4 is 5.69 Å². The number of fused-ring (bicyclic) bond motifs is 1. The summed E-state index contributed by atoms with van der Waals surface area (Å²) in [6.07, 6.45) is 0.951. The Labute approximate surface area is 119 Å². The molecule has 0 saturated carbocycles. The number of benzene rings is 2. The molecule has 2 aromatic carbocycles. The van der Waals surface area contributed by atoms with Gasteiger partial charge in [0.15, 0.2) is 0 Å². The standard InChI is InChI=1S/C17H19NO2/c1-11-4-7-17(20-3)14(8-11)16-10-12-9-13(19-2)5-6-15(12)18-16/h4-9,16,18H,10H2,1-3H3. The van der Waals surface area contributed by atoms with Crippen molar-refractivity contribution in [1.82, 2.24) is 0 Å². The molecule has 0 fully saturated rings. The molecule has 20 heavy (non-hydrogen) atoms. The van der Waals surface area contributed by atoms with Crippen molar-refractivity contribution in [2.75, 3.05) is 19.5 Å². The van der Waals surface area contributed by atoms with E-state index in [9.17, 15) is 0 Å². The predicted molar refractivity (Wildman–Crippen MR) is 80.8 cm³/mol. The van der Waals surface area contributed by atoms with Gasteiger partial charge >= 0.3 is 0 Å². The van der Waals surface area contributed by atoms with Crippen molar-refractivity contribution in [3.05, 3.63) is 53.1 Å². The van der Waals surface area contributed by atoms with Crippen LogP contribution in [0.25, 0.3) is 0 Å². The minimum atomic E-state index is 0.256. The first kappa shape index (κ1) is 12.9. The zero-order chi connectivity index (χ0) is 14.1. The number of aryl methyl sites for hydroxylation is 1. The highest BCUT2D eigenvalue weighted by atomic mass is 16.5. The van der Waals surface area contributed by atoms with E-state index in [0.717, 1.165) is 17.9 Å². The van der Waals surface area contributed by atoms with Crippen LogP contribution in [0.5, 0.6) is 11.5 Å². The number of hydrogen-bond donors (Lipinski definition) is 1. The van der Waals surface area contributed by atoms with Gasteiger partial charge in [-0.25, -0.2) is 0 Å². The van der Waals surface area contributed by atoms with E-state index >= 15 is 0 Å². The van der Waals surface area contributed by atoms with Crippen molar-refractivity contribution < 1.29 is 9.47 Å². The van der Waals surface area contributed by atoms with Crippen LogP contribution in [0.1, 0.15) is 22.7 Å². The molecule has 3 rings (SSSR count). The molecule has 1 unspecified atom stereocenters. The predicted octanol–water partition coefficient (Wildman–Crippen LogP) is 3.72. The Morgan fingerprint density at radius 3 is 2.65 bits per heavy atom. The van der Waals surface area contributed by atoms with Crippen LogP contribution in [0.3, 0.4) is 0 Å². The third-order valence-corrected chi connectivity index (χ3v) is 3.83. The van der Waals surface area contributed by atoms with Crippen LogP contribution in [0.4, 0.5) is 5.69 Å². The van der Waals surface area contributed by atoms with E-state index in [0.29, 0.717) is 0 Å². The minimum Gasteiger partial charge on any atom is -0.497 e. The van der Waals surface area contributed by atoms with Gasteiger partial charge in [-0.05, 0) is 43.2 Å². The molecule has 1 atom stereocenters. The summed E-state index contributed by atoms with van der Waals surface area (Å²) in [4.78, 5) is 0. The summed E-state index contributed by atoms with van der Waals surface area (Å²) in [6.45, 7) is 2.11. The van der Waals surface area contributed by atoms with Crippen LogP contribution in [0.15, 0.2) is 36.4 Å². The highest BCUT2D eigenvalue weighted by Crippen LogP contribution is 2.39. The monoisotopic (exact) mass is 269 g/mol. The first-order chi connectivity index (χ1) is 9.71. The Morgan fingerprint density at radius 1 is 1.05 bits per heavy atom. The van der Waals surface area contributed by atoms with Gasteiger partial charge in [-0.15, -0.1) is 0 Å². The molecule has 1 N–H and O–H groups in total. The average Bonchev–Trinajstić information content (AvgIpc) is 2.89. The first-order valence-electron chi connectivity index (χ1n) is 6.79. The van der Waals surface area contributed by atoms with Crippen LogP contribution < -0.4 is 14.8 Å². The Morgan fingerprint density at radius 2 is 1.90 bits per heavy atom. The van der Waals surface area contributed by atoms with E-state index in [1.54, 1.807) is 14.2 Å². The second-order valence-electron chi connectivity index (χ2n) is 5.17. The Hall–Kier alpha value is -2.16. The van der Waals surface area contributed by atoms with Gasteiger partial charge in [0.25, 0.3) is 0 Å². The van der Waals surface area contributed by atoms with Crippen molar-refractivity contribution in [3.8, 4) is 11.5 Å². The molecular formula is C17H19NO2. The molecule has 0 aromatic heterocycles. The summed E-state index contributed by atoms with van der Waals surface area (Å²) >= 11 is 0. The summed E-state index contributed by atoms with van der Waals surface area (Å²) in [7, 11) is 3.42. The zero-order valence-electron chi connectivity index (χ0n) is 12.1. The van der Waals surface area contributed by atoms with Crippen molar-refractivity contribution in [2.45, 2.75) is 19.4 Å². The molecule has 1 aliphatic heterocycles. The first-order valence-corrected chi connectivity index (χ1v) is 6.79. The largest absolute Gasteiger partial charge is 0.497 e. The second-order valence-corrected chi connectivity index (χ2v) is 5.17. The molecule has 2 aromatic rings. The molecule has 1 aliphatic rings. The fraction of sp³-hybridized carbons (Fsp3) is 0.294. The Bertz CT molecular complexity index is 637. The van der Waals surface area contributed by atoms with E-state index < -0.39 is 0 Å². The number of nitrogens with one attached hydrogen (secondary N) is 1. The average molecular weight is 269 g/mol. The molecule has 3 heteroatoms. The topological polar surface area (TPSA) is 30.5 Å². The van der Waals surface area contributed by atoms with Gasteiger partial charge < -0.3 is 14.8 Å². The van der Waals surface area contributed by atoms with E-state index in [2.05, 4.69) is 36.5 Å². The van der Waals surface area contributed by atoms with Crippen molar-refractivity contribution in [3.63, 3.8) is 0 Å². The van der Waals surface area contributed by atoms with Gasteiger partial charge in [0.05, 0.1) is 20.3 Å². The molecule has 1 heterocycles. The van der Waals surface area contributed by atoms with Crippen LogP contribution in [0, 0.1) is 6.92 Å². The molecule has 0 bridgehead atoms. The third kappa shape index (κ3) is 2.20. The molecule has 0 amide bonds. The van der Waals surface area contributed by atoms with Gasteiger partial charge in [-0.3, -0.25) is 0 Å². The van der Waals surface area contributed by atoms with Gasteiger partial charge in [0.2, 0.25) is 0 Å². The fourth-order valence-electron chi connectivity index (χ4n) is 2.78. The summed E-state index contributed by atoms with van der Waals surface area (Å²) in [5.74, 6) is 1.84. The third-order valence-electron chi connectivity index (χ3n) is 3.83. The summed E-state index contributed by atoms with van der Waals surface area (Å²) in [5, 5.41) is 3.57. The number of methoxy groups -OCH3 is 2.